The number of nitrogens with two attached hydrogens (primary N) is 2. The highest BCUT2D eigenvalue weighted by molar-refractivity contribution is 6.21. The zero-order valence-electron chi connectivity index (χ0n) is 25.3. The van der Waals surface area contributed by atoms with Crippen LogP contribution in [0, 0.1) is 0 Å². The van der Waals surface area contributed by atoms with Crippen LogP contribution in [-0.4, -0.2) is 16.8 Å². The van der Waals surface area contributed by atoms with E-state index in [1.807, 2.05) is 42.5 Å². The van der Waals surface area contributed by atoms with Gasteiger partial charge in [0, 0.05) is 39.8 Å². The number of benzene rings is 7. The maximum absolute atomic E-state index is 6.76. The highest BCUT2D eigenvalue weighted by Crippen LogP contribution is 2.41. The number of fused-ring (bicyclic) bond motifs is 4. The number of rotatable bonds is 6. The number of hydrogen-bond donors (Lipinski definition) is 2. The van der Waals surface area contributed by atoms with Crippen molar-refractivity contribution in [3.8, 4) is 27.9 Å². The second-order valence-electron chi connectivity index (χ2n) is 11.5. The molecule has 220 valence electrons. The van der Waals surface area contributed by atoms with E-state index < -0.39 is 0 Å². The van der Waals surface area contributed by atoms with Crippen LogP contribution >= 0.6 is 0 Å². The van der Waals surface area contributed by atoms with Crippen molar-refractivity contribution < 1.29 is 0 Å². The first-order valence-electron chi connectivity index (χ1n) is 15.5. The number of aromatic nitrogens is 1. The number of anilines is 1. The monoisotopic (exact) mass is 592 g/mol. The molecule has 4 N–H and O–H groups in total. The van der Waals surface area contributed by atoms with E-state index in [0.29, 0.717) is 0 Å². The molecule has 1 aromatic heterocycles. The van der Waals surface area contributed by atoms with Crippen molar-refractivity contribution >= 4 is 49.7 Å². The molecule has 0 saturated heterocycles. The molecular formula is C42H32N4. The summed E-state index contributed by atoms with van der Waals surface area (Å²) >= 11 is 0. The maximum atomic E-state index is 6.76. The normalized spacial score (nSPS) is 11.9. The predicted molar refractivity (Wildman–Crippen MR) is 195 cm³/mol. The lowest BCUT2D eigenvalue weighted by Gasteiger charge is -2.16. The smallest absolute Gasteiger partial charge is 0.0640 e. The van der Waals surface area contributed by atoms with Gasteiger partial charge in [-0.1, -0.05) is 109 Å². The van der Waals surface area contributed by atoms with Crippen molar-refractivity contribution in [2.75, 3.05) is 12.3 Å². The Labute approximate surface area is 267 Å². The van der Waals surface area contributed by atoms with Gasteiger partial charge in [-0.15, -0.1) is 0 Å². The number of nitrogens with zero attached hydrogens (tertiary/aromatic N) is 2. The molecule has 0 aliphatic heterocycles. The second kappa shape index (κ2) is 11.5. The SMILES string of the molecule is NCC(=Nc1ccccc1)c1cc(-c2c(N)ccc3ccccc23)cc2c3ccccc3n(-c3ccc(-c4ccccc4)cc3)c12. The predicted octanol–water partition coefficient (Wildman–Crippen LogP) is 9.93. The third kappa shape index (κ3) is 4.73. The van der Waals surface area contributed by atoms with Crippen molar-refractivity contribution in [3.05, 3.63) is 163 Å². The lowest BCUT2D eigenvalue weighted by molar-refractivity contribution is 1.17. The minimum Gasteiger partial charge on any atom is -0.398 e. The van der Waals surface area contributed by atoms with Crippen LogP contribution in [0.2, 0.25) is 0 Å². The van der Waals surface area contributed by atoms with E-state index in [0.717, 1.165) is 72.0 Å². The minimum atomic E-state index is 0.271. The van der Waals surface area contributed by atoms with Crippen LogP contribution in [0.25, 0.3) is 60.5 Å². The van der Waals surface area contributed by atoms with Crippen molar-refractivity contribution in [1.82, 2.24) is 4.57 Å². The van der Waals surface area contributed by atoms with Crippen molar-refractivity contribution in [1.29, 1.82) is 0 Å². The van der Waals surface area contributed by atoms with E-state index in [2.05, 4.69) is 120 Å². The molecule has 4 heteroatoms. The second-order valence-corrected chi connectivity index (χ2v) is 11.5. The summed E-state index contributed by atoms with van der Waals surface area (Å²) in [5.41, 5.74) is 24.4. The summed E-state index contributed by atoms with van der Waals surface area (Å²) < 4.78 is 2.35. The van der Waals surface area contributed by atoms with Gasteiger partial charge in [-0.3, -0.25) is 4.99 Å². The van der Waals surface area contributed by atoms with Gasteiger partial charge < -0.3 is 16.0 Å². The molecule has 0 aliphatic rings. The molecule has 8 rings (SSSR count). The first-order chi connectivity index (χ1) is 22.7. The fourth-order valence-electron chi connectivity index (χ4n) is 6.65. The van der Waals surface area contributed by atoms with Crippen LogP contribution < -0.4 is 11.5 Å². The number of nitrogen functional groups attached to an aromatic ring is 1. The zero-order valence-corrected chi connectivity index (χ0v) is 25.3. The fraction of sp³-hybridized carbons (Fsp3) is 0.0238. The lowest BCUT2D eigenvalue weighted by atomic mass is 9.92. The number of aliphatic imine (C=N–C) groups is 1. The molecule has 0 spiro atoms. The third-order valence-electron chi connectivity index (χ3n) is 8.78. The van der Waals surface area contributed by atoms with Crippen LogP contribution in [0.5, 0.6) is 0 Å². The van der Waals surface area contributed by atoms with Crippen LogP contribution in [0.4, 0.5) is 11.4 Å². The first kappa shape index (κ1) is 27.6. The summed E-state index contributed by atoms with van der Waals surface area (Å²) in [5.74, 6) is 0. The lowest BCUT2D eigenvalue weighted by Crippen LogP contribution is -2.16. The summed E-state index contributed by atoms with van der Waals surface area (Å²) in [5, 5.41) is 4.54. The molecular weight excluding hydrogens is 560 g/mol. The van der Waals surface area contributed by atoms with Gasteiger partial charge in [-0.2, -0.15) is 0 Å². The Bertz CT molecular complexity index is 2390. The van der Waals surface area contributed by atoms with Crippen molar-refractivity contribution in [2.45, 2.75) is 0 Å². The van der Waals surface area contributed by atoms with E-state index in [4.69, 9.17) is 16.5 Å². The molecule has 0 amide bonds. The van der Waals surface area contributed by atoms with Gasteiger partial charge in [0.15, 0.2) is 0 Å². The Morgan fingerprint density at radius 1 is 0.565 bits per heavy atom. The van der Waals surface area contributed by atoms with Gasteiger partial charge in [0.25, 0.3) is 0 Å². The van der Waals surface area contributed by atoms with E-state index in [-0.39, 0.29) is 6.54 Å². The van der Waals surface area contributed by atoms with E-state index in [1.165, 1.54) is 11.1 Å². The van der Waals surface area contributed by atoms with Crippen molar-refractivity contribution in [2.24, 2.45) is 10.7 Å². The summed E-state index contributed by atoms with van der Waals surface area (Å²) in [6.45, 7) is 0.271. The average molecular weight is 593 g/mol. The molecule has 0 bridgehead atoms. The van der Waals surface area contributed by atoms with Crippen LogP contribution in [0.3, 0.4) is 0 Å². The van der Waals surface area contributed by atoms with E-state index in [9.17, 15) is 0 Å². The van der Waals surface area contributed by atoms with E-state index in [1.54, 1.807) is 0 Å². The Morgan fingerprint density at radius 2 is 1.22 bits per heavy atom. The molecule has 0 unspecified atom stereocenters. The van der Waals surface area contributed by atoms with E-state index >= 15 is 0 Å². The van der Waals surface area contributed by atoms with Gasteiger partial charge in [-0.25, -0.2) is 0 Å². The number of hydrogen-bond acceptors (Lipinski definition) is 3. The molecule has 0 saturated carbocycles. The molecule has 4 nitrogen and oxygen atoms in total. The van der Waals surface area contributed by atoms with Gasteiger partial charge in [0.2, 0.25) is 0 Å². The maximum Gasteiger partial charge on any atom is 0.0640 e. The fourth-order valence-corrected chi connectivity index (χ4v) is 6.65. The molecule has 0 radical (unpaired) electrons. The molecule has 46 heavy (non-hydrogen) atoms. The Hall–Kier alpha value is -5.97. The summed E-state index contributed by atoms with van der Waals surface area (Å²) in [4.78, 5) is 5.12. The Kier molecular flexibility index (Phi) is 6.90. The standard InChI is InChI=1S/C42H32N4/c43-27-39(45-32-14-5-2-6-15-32)37-26-31(41-34-16-8-7-13-30(34)21-24-38(41)44)25-36-35-17-9-10-18-40(35)46(42(36)37)33-22-19-29(20-23-33)28-11-3-1-4-12-28/h1-26H,27,43-44H2. The molecule has 8 aromatic rings. The third-order valence-corrected chi connectivity index (χ3v) is 8.78. The van der Waals surface area contributed by atoms with Crippen LogP contribution in [-0.2, 0) is 0 Å². The Balaban J connectivity index is 1.46. The summed E-state index contributed by atoms with van der Waals surface area (Å²) in [7, 11) is 0. The summed E-state index contributed by atoms with van der Waals surface area (Å²) in [6, 6.07) is 54.9. The highest BCUT2D eigenvalue weighted by atomic mass is 15.0. The molecule has 1 heterocycles. The number of para-hydroxylation sites is 2. The molecule has 0 aliphatic carbocycles. The van der Waals surface area contributed by atoms with Crippen LogP contribution in [0.1, 0.15) is 5.56 Å². The van der Waals surface area contributed by atoms with Crippen molar-refractivity contribution in [3.63, 3.8) is 0 Å². The molecule has 0 fully saturated rings. The van der Waals surface area contributed by atoms with Gasteiger partial charge >= 0.3 is 0 Å². The first-order valence-corrected chi connectivity index (χ1v) is 15.5. The van der Waals surface area contributed by atoms with Gasteiger partial charge in [-0.05, 0) is 76.0 Å². The van der Waals surface area contributed by atoms with Gasteiger partial charge in [0.1, 0.15) is 0 Å². The van der Waals surface area contributed by atoms with Crippen LogP contribution in [0.15, 0.2) is 163 Å². The quantitative estimate of drug-likeness (QED) is 0.149. The summed E-state index contributed by atoms with van der Waals surface area (Å²) in [6.07, 6.45) is 0. The minimum absolute atomic E-state index is 0.271. The van der Waals surface area contributed by atoms with Gasteiger partial charge in [0.05, 0.1) is 22.4 Å². The average Bonchev–Trinajstić information content (AvgIpc) is 3.45. The molecule has 0 atom stereocenters. The molecule has 7 aromatic carbocycles. The zero-order chi connectivity index (χ0) is 31.0. The Morgan fingerprint density at radius 3 is 1.98 bits per heavy atom. The largest absolute Gasteiger partial charge is 0.398 e. The highest BCUT2D eigenvalue weighted by Gasteiger charge is 2.21. The topological polar surface area (TPSA) is 69.3 Å².